The van der Waals surface area contributed by atoms with Gasteiger partial charge in [-0.25, -0.2) is 8.42 Å². The lowest BCUT2D eigenvalue weighted by Gasteiger charge is -2.18. The molecule has 2 atom stereocenters. The van der Waals surface area contributed by atoms with E-state index >= 15 is 0 Å². The van der Waals surface area contributed by atoms with Crippen molar-refractivity contribution in [2.24, 2.45) is 5.92 Å². The summed E-state index contributed by atoms with van der Waals surface area (Å²) in [5.41, 5.74) is 0.468. The van der Waals surface area contributed by atoms with Gasteiger partial charge in [0.15, 0.2) is 15.6 Å². The number of Topliss-reactive ketones (excluding diaryl/α,β-unsaturated/α-hetero) is 1. The molecule has 0 aliphatic heterocycles. The van der Waals surface area contributed by atoms with E-state index in [0.717, 1.165) is 25.7 Å². The first-order valence-corrected chi connectivity index (χ1v) is 9.44. The van der Waals surface area contributed by atoms with Crippen LogP contribution in [0.3, 0.4) is 0 Å². The van der Waals surface area contributed by atoms with Crippen molar-refractivity contribution in [1.29, 1.82) is 0 Å². The Morgan fingerprint density at radius 3 is 2.29 bits per heavy atom. The molecule has 0 amide bonds. The molecule has 2 unspecified atom stereocenters. The standard InChI is InChI=1S/C17H26O3S/c1-4-6-10-15(5-2)13-21(19,20)14(3)17(18)16-11-8-7-9-12-16/h7-9,11-12,14-15H,4-6,10,13H2,1-3H3. The highest BCUT2D eigenvalue weighted by Crippen LogP contribution is 2.19. The van der Waals surface area contributed by atoms with Crippen LogP contribution in [0.15, 0.2) is 30.3 Å². The zero-order valence-electron chi connectivity index (χ0n) is 13.2. The molecule has 0 saturated carbocycles. The molecule has 0 bridgehead atoms. The van der Waals surface area contributed by atoms with Crippen molar-refractivity contribution < 1.29 is 13.2 Å². The van der Waals surface area contributed by atoms with Crippen LogP contribution in [0.2, 0.25) is 0 Å². The molecule has 1 aromatic rings. The Balaban J connectivity index is 2.79. The van der Waals surface area contributed by atoms with Crippen LogP contribution in [-0.4, -0.2) is 25.2 Å². The topological polar surface area (TPSA) is 51.2 Å². The molecular formula is C17H26O3S. The van der Waals surface area contributed by atoms with Crippen molar-refractivity contribution in [2.75, 3.05) is 5.75 Å². The van der Waals surface area contributed by atoms with Gasteiger partial charge in [0.25, 0.3) is 0 Å². The molecule has 0 spiro atoms. The van der Waals surface area contributed by atoms with Gasteiger partial charge in [0.05, 0.1) is 5.75 Å². The van der Waals surface area contributed by atoms with Crippen molar-refractivity contribution in [2.45, 2.75) is 51.7 Å². The van der Waals surface area contributed by atoms with Crippen LogP contribution >= 0.6 is 0 Å². The second kappa shape index (κ2) is 8.32. The largest absolute Gasteiger partial charge is 0.293 e. The fourth-order valence-electron chi connectivity index (χ4n) is 2.37. The number of unbranched alkanes of at least 4 members (excludes halogenated alkanes) is 1. The molecule has 0 saturated heterocycles. The second-order valence-corrected chi connectivity index (χ2v) is 7.98. The molecule has 0 heterocycles. The van der Waals surface area contributed by atoms with Crippen LogP contribution < -0.4 is 0 Å². The summed E-state index contributed by atoms with van der Waals surface area (Å²) >= 11 is 0. The zero-order chi connectivity index (χ0) is 15.9. The van der Waals surface area contributed by atoms with E-state index in [4.69, 9.17) is 0 Å². The molecule has 0 aliphatic rings. The van der Waals surface area contributed by atoms with E-state index in [1.165, 1.54) is 6.92 Å². The van der Waals surface area contributed by atoms with E-state index in [2.05, 4.69) is 6.92 Å². The van der Waals surface area contributed by atoms with Crippen LogP contribution in [0.4, 0.5) is 0 Å². The number of sulfone groups is 1. The maximum atomic E-state index is 12.5. The summed E-state index contributed by atoms with van der Waals surface area (Å²) in [5.74, 6) is -0.0367. The van der Waals surface area contributed by atoms with Crippen molar-refractivity contribution in [3.63, 3.8) is 0 Å². The summed E-state index contributed by atoms with van der Waals surface area (Å²) in [6.45, 7) is 5.62. The van der Waals surface area contributed by atoms with Gasteiger partial charge in [-0.1, -0.05) is 63.4 Å². The van der Waals surface area contributed by atoms with Crippen LogP contribution in [0.5, 0.6) is 0 Å². The molecule has 0 radical (unpaired) electrons. The van der Waals surface area contributed by atoms with Crippen LogP contribution in [0.1, 0.15) is 56.8 Å². The summed E-state index contributed by atoms with van der Waals surface area (Å²) in [6, 6.07) is 8.66. The second-order valence-electron chi connectivity index (χ2n) is 5.62. The Hall–Kier alpha value is -1.16. The maximum Gasteiger partial charge on any atom is 0.180 e. The molecule has 0 fully saturated rings. The monoisotopic (exact) mass is 310 g/mol. The first-order chi connectivity index (χ1) is 9.92. The van der Waals surface area contributed by atoms with Gasteiger partial charge < -0.3 is 0 Å². The lowest BCUT2D eigenvalue weighted by Crippen LogP contribution is -2.32. The molecule has 3 nitrogen and oxygen atoms in total. The van der Waals surface area contributed by atoms with Gasteiger partial charge in [0, 0.05) is 5.56 Å². The van der Waals surface area contributed by atoms with E-state index < -0.39 is 15.1 Å². The quantitative estimate of drug-likeness (QED) is 0.650. The van der Waals surface area contributed by atoms with Gasteiger partial charge in [-0.15, -0.1) is 0 Å². The summed E-state index contributed by atoms with van der Waals surface area (Å²) in [5, 5.41) is -0.962. The lowest BCUT2D eigenvalue weighted by atomic mass is 10.0. The summed E-state index contributed by atoms with van der Waals surface area (Å²) < 4.78 is 24.9. The normalized spacial score (nSPS) is 14.6. The molecular weight excluding hydrogens is 284 g/mol. The minimum absolute atomic E-state index is 0.114. The van der Waals surface area contributed by atoms with E-state index in [1.54, 1.807) is 24.3 Å². The molecule has 1 aromatic carbocycles. The molecule has 21 heavy (non-hydrogen) atoms. The Morgan fingerprint density at radius 2 is 1.76 bits per heavy atom. The average molecular weight is 310 g/mol. The van der Waals surface area contributed by atoms with Crippen molar-refractivity contribution in [3.05, 3.63) is 35.9 Å². The maximum absolute atomic E-state index is 12.5. The van der Waals surface area contributed by atoms with Crippen molar-refractivity contribution >= 4 is 15.6 Å². The van der Waals surface area contributed by atoms with Crippen molar-refractivity contribution in [3.8, 4) is 0 Å². The Bertz CT molecular complexity index is 534. The summed E-state index contributed by atoms with van der Waals surface area (Å²) in [7, 11) is -3.40. The number of carbonyl (C=O) groups excluding carboxylic acids is 1. The molecule has 4 heteroatoms. The fraction of sp³-hybridized carbons (Fsp3) is 0.588. The third kappa shape index (κ3) is 5.27. The van der Waals surface area contributed by atoms with Gasteiger partial charge in [-0.2, -0.15) is 0 Å². The highest BCUT2D eigenvalue weighted by molar-refractivity contribution is 7.92. The van der Waals surface area contributed by atoms with E-state index in [9.17, 15) is 13.2 Å². The number of benzene rings is 1. The van der Waals surface area contributed by atoms with Gasteiger partial charge in [-0.05, 0) is 19.3 Å². The first-order valence-electron chi connectivity index (χ1n) is 7.73. The number of ketones is 1. The van der Waals surface area contributed by atoms with Gasteiger partial charge >= 0.3 is 0 Å². The minimum Gasteiger partial charge on any atom is -0.293 e. The van der Waals surface area contributed by atoms with Crippen LogP contribution in [0.25, 0.3) is 0 Å². The third-order valence-electron chi connectivity index (χ3n) is 3.98. The number of hydrogen-bond donors (Lipinski definition) is 0. The summed E-state index contributed by atoms with van der Waals surface area (Å²) in [6.07, 6.45) is 3.86. The average Bonchev–Trinajstić information content (AvgIpc) is 2.50. The SMILES string of the molecule is CCCCC(CC)CS(=O)(=O)C(C)C(=O)c1ccccc1. The van der Waals surface area contributed by atoms with Crippen LogP contribution in [0, 0.1) is 5.92 Å². The van der Waals surface area contributed by atoms with E-state index in [1.807, 2.05) is 13.0 Å². The third-order valence-corrected chi connectivity index (χ3v) is 6.20. The van der Waals surface area contributed by atoms with Gasteiger partial charge in [0.2, 0.25) is 0 Å². The summed E-state index contributed by atoms with van der Waals surface area (Å²) in [4.78, 5) is 12.3. The molecule has 0 aromatic heterocycles. The minimum atomic E-state index is -3.40. The highest BCUT2D eigenvalue weighted by Gasteiger charge is 2.30. The molecule has 0 N–H and O–H groups in total. The first kappa shape index (κ1) is 17.9. The van der Waals surface area contributed by atoms with Crippen LogP contribution in [-0.2, 0) is 9.84 Å². The molecule has 0 aliphatic carbocycles. The fourth-order valence-corrected chi connectivity index (χ4v) is 4.18. The highest BCUT2D eigenvalue weighted by atomic mass is 32.2. The van der Waals surface area contributed by atoms with Gasteiger partial charge in [-0.3, -0.25) is 4.79 Å². The Labute approximate surface area is 128 Å². The molecule has 118 valence electrons. The lowest BCUT2D eigenvalue weighted by molar-refractivity contribution is 0.0991. The number of carbonyl (C=O) groups is 1. The van der Waals surface area contributed by atoms with E-state index in [-0.39, 0.29) is 17.5 Å². The predicted octanol–water partition coefficient (Wildman–Crippen LogP) is 3.89. The number of rotatable bonds is 9. The van der Waals surface area contributed by atoms with Gasteiger partial charge in [0.1, 0.15) is 5.25 Å². The Morgan fingerprint density at radius 1 is 1.14 bits per heavy atom. The Kier molecular flexibility index (Phi) is 7.09. The smallest absolute Gasteiger partial charge is 0.180 e. The molecule has 1 rings (SSSR count). The zero-order valence-corrected chi connectivity index (χ0v) is 14.0. The van der Waals surface area contributed by atoms with Crippen molar-refractivity contribution in [1.82, 2.24) is 0 Å². The number of hydrogen-bond acceptors (Lipinski definition) is 3. The predicted molar refractivity (Wildman–Crippen MR) is 87.3 cm³/mol. The van der Waals surface area contributed by atoms with E-state index in [0.29, 0.717) is 5.56 Å².